The quantitative estimate of drug-likeness (QED) is 0.686. The van der Waals surface area contributed by atoms with Crippen molar-refractivity contribution in [3.63, 3.8) is 0 Å². The molecule has 0 fully saturated rings. The number of fused-ring (bicyclic) bond motifs is 2. The monoisotopic (exact) mass is 336 g/mol. The third-order valence-electron chi connectivity index (χ3n) is 4.72. The maximum absolute atomic E-state index is 13.5. The molecule has 0 saturated heterocycles. The molecule has 2 aromatic carbocycles. The van der Waals surface area contributed by atoms with Gasteiger partial charge in [-0.05, 0) is 42.7 Å². The highest BCUT2D eigenvalue weighted by atomic mass is 19.1. The fourth-order valence-corrected chi connectivity index (χ4v) is 3.55. The van der Waals surface area contributed by atoms with E-state index in [4.69, 9.17) is 0 Å². The van der Waals surface area contributed by atoms with E-state index in [1.54, 1.807) is 21.7 Å². The fourth-order valence-electron chi connectivity index (χ4n) is 3.55. The zero-order chi connectivity index (χ0) is 17.4. The molecule has 0 bridgehead atoms. The molecule has 1 aliphatic heterocycles. The molecule has 4 rings (SSSR count). The minimum absolute atomic E-state index is 0.0363. The molecule has 0 unspecified atom stereocenters. The smallest absolute Gasteiger partial charge is 0.246 e. The van der Waals surface area contributed by atoms with E-state index < -0.39 is 5.82 Å². The summed E-state index contributed by atoms with van der Waals surface area (Å²) in [6, 6.07) is 12.2. The lowest BCUT2D eigenvalue weighted by Gasteiger charge is -2.29. The van der Waals surface area contributed by atoms with Crippen molar-refractivity contribution in [2.45, 2.75) is 19.4 Å². The van der Waals surface area contributed by atoms with E-state index in [0.717, 1.165) is 18.5 Å². The Bertz CT molecular complexity index is 977. The summed E-state index contributed by atoms with van der Waals surface area (Å²) >= 11 is 0. The van der Waals surface area contributed by atoms with Crippen molar-refractivity contribution < 1.29 is 14.0 Å². The maximum Gasteiger partial charge on any atom is 0.246 e. The molecule has 25 heavy (non-hydrogen) atoms. The Morgan fingerprint density at radius 3 is 2.88 bits per heavy atom. The molecule has 0 atom stereocenters. The molecule has 2 heterocycles. The Kier molecular flexibility index (Phi) is 3.84. The first-order chi connectivity index (χ1) is 12.2. The third-order valence-corrected chi connectivity index (χ3v) is 4.72. The van der Waals surface area contributed by atoms with Crippen molar-refractivity contribution in [3.05, 3.63) is 65.6 Å². The van der Waals surface area contributed by atoms with Crippen LogP contribution < -0.4 is 4.90 Å². The zero-order valence-electron chi connectivity index (χ0n) is 13.6. The predicted molar refractivity (Wildman–Crippen MR) is 94.4 cm³/mol. The molecule has 5 heteroatoms. The maximum atomic E-state index is 13.5. The molecular weight excluding hydrogens is 319 g/mol. The minimum Gasteiger partial charge on any atom is -0.337 e. The fraction of sp³-hybridized carbons (Fsp3) is 0.200. The second kappa shape index (κ2) is 6.16. The van der Waals surface area contributed by atoms with Gasteiger partial charge in [0.2, 0.25) is 5.91 Å². The van der Waals surface area contributed by atoms with E-state index in [0.29, 0.717) is 29.3 Å². The molecule has 126 valence electrons. The number of benzene rings is 2. The van der Waals surface area contributed by atoms with Gasteiger partial charge in [-0.15, -0.1) is 0 Å². The molecule has 0 saturated carbocycles. The second-order valence-corrected chi connectivity index (χ2v) is 6.27. The summed E-state index contributed by atoms with van der Waals surface area (Å²) in [7, 11) is 0. The Balaban J connectivity index is 1.68. The SMILES string of the molecule is O=Cc1cn(CC(=O)N2CCCc3ccccc32)c2ccc(F)cc12. The number of nitrogens with zero attached hydrogens (tertiary/aromatic N) is 2. The van der Waals surface area contributed by atoms with Gasteiger partial charge >= 0.3 is 0 Å². The number of halogens is 1. The van der Waals surface area contributed by atoms with Crippen molar-refractivity contribution in [2.75, 3.05) is 11.4 Å². The molecule has 0 spiro atoms. The summed E-state index contributed by atoms with van der Waals surface area (Å²) in [5.74, 6) is -0.435. The van der Waals surface area contributed by atoms with Gasteiger partial charge in [0.05, 0.1) is 0 Å². The average Bonchev–Trinajstić information content (AvgIpc) is 2.97. The van der Waals surface area contributed by atoms with Crippen molar-refractivity contribution in [1.82, 2.24) is 4.57 Å². The van der Waals surface area contributed by atoms with Crippen LogP contribution in [0.15, 0.2) is 48.7 Å². The van der Waals surface area contributed by atoms with Gasteiger partial charge in [0.1, 0.15) is 12.4 Å². The number of carbonyl (C=O) groups excluding carboxylic acids is 2. The molecule has 3 aromatic rings. The van der Waals surface area contributed by atoms with E-state index in [2.05, 4.69) is 0 Å². The molecule has 4 nitrogen and oxygen atoms in total. The number of hydrogen-bond acceptors (Lipinski definition) is 2. The van der Waals surface area contributed by atoms with Crippen LogP contribution in [0.5, 0.6) is 0 Å². The van der Waals surface area contributed by atoms with E-state index in [1.807, 2.05) is 24.3 Å². The summed E-state index contributed by atoms with van der Waals surface area (Å²) < 4.78 is 15.2. The summed E-state index contributed by atoms with van der Waals surface area (Å²) in [6.07, 6.45) is 4.21. The van der Waals surface area contributed by atoms with Gasteiger partial charge < -0.3 is 9.47 Å². The Hall–Kier alpha value is -2.95. The van der Waals surface area contributed by atoms with Crippen LogP contribution >= 0.6 is 0 Å². The first kappa shape index (κ1) is 15.6. The number of para-hydroxylation sites is 1. The topological polar surface area (TPSA) is 42.3 Å². The molecule has 1 aliphatic rings. The molecule has 0 radical (unpaired) electrons. The highest BCUT2D eigenvalue weighted by Gasteiger charge is 2.23. The van der Waals surface area contributed by atoms with Gasteiger partial charge in [0, 0.05) is 34.9 Å². The molecular formula is C20H17FN2O2. The lowest BCUT2D eigenvalue weighted by atomic mass is 10.0. The summed E-state index contributed by atoms with van der Waals surface area (Å²) in [6.45, 7) is 0.800. The number of amides is 1. The number of rotatable bonds is 3. The molecule has 0 N–H and O–H groups in total. The number of anilines is 1. The van der Waals surface area contributed by atoms with Crippen molar-refractivity contribution in [1.29, 1.82) is 0 Å². The number of aldehydes is 1. The van der Waals surface area contributed by atoms with Gasteiger partial charge in [-0.25, -0.2) is 4.39 Å². The van der Waals surface area contributed by atoms with Gasteiger partial charge in [0.25, 0.3) is 0 Å². The second-order valence-electron chi connectivity index (χ2n) is 6.27. The standard InChI is InChI=1S/C20H17FN2O2/c21-16-7-8-19-17(10-16)15(13-24)11-22(19)12-20(25)23-9-3-5-14-4-1-2-6-18(14)23/h1-2,4,6-8,10-11,13H,3,5,9,12H2. The number of aryl methyl sites for hydroxylation is 1. The van der Waals surface area contributed by atoms with Crippen LogP contribution in [-0.2, 0) is 17.8 Å². The highest BCUT2D eigenvalue weighted by Crippen LogP contribution is 2.28. The predicted octanol–water partition coefficient (Wildman–Crippen LogP) is 3.57. The van der Waals surface area contributed by atoms with E-state index in [1.165, 1.54) is 17.7 Å². The number of aromatic nitrogens is 1. The average molecular weight is 336 g/mol. The molecule has 1 amide bonds. The van der Waals surface area contributed by atoms with Gasteiger partial charge in [-0.2, -0.15) is 0 Å². The van der Waals surface area contributed by atoms with E-state index in [9.17, 15) is 14.0 Å². The summed E-state index contributed by atoms with van der Waals surface area (Å²) in [5.41, 5.74) is 3.20. The summed E-state index contributed by atoms with van der Waals surface area (Å²) in [5, 5.41) is 0.529. The van der Waals surface area contributed by atoms with Gasteiger partial charge in [-0.3, -0.25) is 9.59 Å². The van der Waals surface area contributed by atoms with Gasteiger partial charge in [0.15, 0.2) is 6.29 Å². The van der Waals surface area contributed by atoms with Crippen LogP contribution in [0.25, 0.3) is 10.9 Å². The zero-order valence-corrected chi connectivity index (χ0v) is 13.6. The highest BCUT2D eigenvalue weighted by molar-refractivity contribution is 5.99. The normalized spacial score (nSPS) is 13.7. The van der Waals surface area contributed by atoms with E-state index >= 15 is 0 Å². The first-order valence-electron chi connectivity index (χ1n) is 8.29. The van der Waals surface area contributed by atoms with Gasteiger partial charge in [-0.1, -0.05) is 18.2 Å². The van der Waals surface area contributed by atoms with Crippen LogP contribution in [0.3, 0.4) is 0 Å². The molecule has 0 aliphatic carbocycles. The largest absolute Gasteiger partial charge is 0.337 e. The third kappa shape index (κ3) is 2.71. The Morgan fingerprint density at radius 2 is 2.04 bits per heavy atom. The first-order valence-corrected chi connectivity index (χ1v) is 8.29. The van der Waals surface area contributed by atoms with Crippen LogP contribution in [0.4, 0.5) is 10.1 Å². The van der Waals surface area contributed by atoms with Crippen molar-refractivity contribution in [2.24, 2.45) is 0 Å². The lowest BCUT2D eigenvalue weighted by molar-refractivity contribution is -0.119. The lowest BCUT2D eigenvalue weighted by Crippen LogP contribution is -2.37. The minimum atomic E-state index is -0.398. The van der Waals surface area contributed by atoms with Crippen LogP contribution in [0, 0.1) is 5.82 Å². The molecule has 1 aromatic heterocycles. The van der Waals surface area contributed by atoms with Crippen LogP contribution in [-0.4, -0.2) is 23.3 Å². The Morgan fingerprint density at radius 1 is 1.20 bits per heavy atom. The summed E-state index contributed by atoms with van der Waals surface area (Å²) in [4.78, 5) is 25.9. The van der Waals surface area contributed by atoms with E-state index in [-0.39, 0.29) is 12.5 Å². The number of carbonyl (C=O) groups is 2. The van der Waals surface area contributed by atoms with Crippen LogP contribution in [0.1, 0.15) is 22.3 Å². The van der Waals surface area contributed by atoms with Crippen molar-refractivity contribution >= 4 is 28.8 Å². The van der Waals surface area contributed by atoms with Crippen molar-refractivity contribution in [3.8, 4) is 0 Å². The number of hydrogen-bond donors (Lipinski definition) is 0. The Labute approximate surface area is 144 Å². The van der Waals surface area contributed by atoms with Crippen LogP contribution in [0.2, 0.25) is 0 Å².